The first-order valence-electron chi connectivity index (χ1n) is 6.86. The molecule has 0 atom stereocenters. The van der Waals surface area contributed by atoms with Crippen molar-refractivity contribution in [2.45, 2.75) is 6.92 Å². The van der Waals surface area contributed by atoms with Gasteiger partial charge in [-0.05, 0) is 69.1 Å². The highest BCUT2D eigenvalue weighted by Crippen LogP contribution is 2.41. The van der Waals surface area contributed by atoms with Gasteiger partial charge in [0, 0.05) is 20.6 Å². The van der Waals surface area contributed by atoms with E-state index >= 15 is 0 Å². The van der Waals surface area contributed by atoms with Crippen molar-refractivity contribution in [3.63, 3.8) is 0 Å². The summed E-state index contributed by atoms with van der Waals surface area (Å²) in [7, 11) is 0. The van der Waals surface area contributed by atoms with E-state index in [9.17, 15) is 9.90 Å². The number of halogens is 3. The van der Waals surface area contributed by atoms with Crippen molar-refractivity contribution in [1.29, 1.82) is 0 Å². The number of nitrogens with zero attached hydrogens (tertiary/aromatic N) is 1. The van der Waals surface area contributed by atoms with E-state index in [-0.39, 0.29) is 11.7 Å². The van der Waals surface area contributed by atoms with Gasteiger partial charge < -0.3 is 9.84 Å². The van der Waals surface area contributed by atoms with Gasteiger partial charge in [0.25, 0.3) is 5.91 Å². The van der Waals surface area contributed by atoms with E-state index in [0.29, 0.717) is 37.5 Å². The molecule has 2 aromatic rings. The molecule has 0 bridgehead atoms. The molecule has 0 aromatic heterocycles. The van der Waals surface area contributed by atoms with Crippen molar-refractivity contribution in [1.82, 2.24) is 5.43 Å². The lowest BCUT2D eigenvalue weighted by atomic mass is 10.2. The average molecular weight is 477 g/mol. The van der Waals surface area contributed by atoms with Crippen LogP contribution in [-0.4, -0.2) is 23.8 Å². The summed E-state index contributed by atoms with van der Waals surface area (Å²) in [6.45, 7) is 2.22. The van der Waals surface area contributed by atoms with Gasteiger partial charge in [0.1, 0.15) is 0 Å². The first kappa shape index (κ1) is 18.8. The normalized spacial score (nSPS) is 10.8. The van der Waals surface area contributed by atoms with Gasteiger partial charge in [-0.1, -0.05) is 11.6 Å². The number of ether oxygens (including phenoxy) is 1. The number of rotatable bonds is 5. The van der Waals surface area contributed by atoms with Crippen LogP contribution in [0.25, 0.3) is 0 Å². The van der Waals surface area contributed by atoms with Crippen molar-refractivity contribution in [2.24, 2.45) is 5.10 Å². The Bertz CT molecular complexity index is 780. The van der Waals surface area contributed by atoms with Gasteiger partial charge in [-0.15, -0.1) is 0 Å². The first-order valence-corrected chi connectivity index (χ1v) is 8.83. The lowest BCUT2D eigenvalue weighted by Gasteiger charge is -2.10. The van der Waals surface area contributed by atoms with Crippen LogP contribution in [-0.2, 0) is 0 Å². The summed E-state index contributed by atoms with van der Waals surface area (Å²) in [4.78, 5) is 12.0. The van der Waals surface area contributed by atoms with Crippen molar-refractivity contribution in [3.8, 4) is 11.5 Å². The summed E-state index contributed by atoms with van der Waals surface area (Å²) in [6.07, 6.45) is 1.45. The molecule has 0 saturated heterocycles. The van der Waals surface area contributed by atoms with Crippen LogP contribution in [0.4, 0.5) is 0 Å². The van der Waals surface area contributed by atoms with Crippen LogP contribution in [0.3, 0.4) is 0 Å². The largest absolute Gasteiger partial charge is 0.503 e. The van der Waals surface area contributed by atoms with E-state index in [1.807, 2.05) is 6.92 Å². The number of benzene rings is 2. The zero-order valence-electron chi connectivity index (χ0n) is 12.5. The standard InChI is InChI=1S/C16H13Br2ClN2O3/c1-2-24-12-7-10(13(17)14(18)15(12)22)8-20-21-16(23)9-3-5-11(19)6-4-9/h3-8,22H,2H2,1H3,(H,21,23)/b20-8-. The number of phenols is 1. The molecule has 0 unspecified atom stereocenters. The third-order valence-corrected chi connectivity index (χ3v) is 5.36. The predicted octanol–water partition coefficient (Wildman–Crippen LogP) is 4.73. The maximum absolute atomic E-state index is 12.0. The summed E-state index contributed by atoms with van der Waals surface area (Å²) in [5.74, 6) is -0.0500. The molecule has 0 aliphatic rings. The van der Waals surface area contributed by atoms with E-state index < -0.39 is 0 Å². The van der Waals surface area contributed by atoms with E-state index in [1.54, 1.807) is 30.3 Å². The minimum Gasteiger partial charge on any atom is -0.503 e. The van der Waals surface area contributed by atoms with Crippen LogP contribution in [0, 0.1) is 0 Å². The highest BCUT2D eigenvalue weighted by Gasteiger charge is 2.14. The monoisotopic (exact) mass is 474 g/mol. The molecule has 2 rings (SSSR count). The van der Waals surface area contributed by atoms with Crippen molar-refractivity contribution < 1.29 is 14.6 Å². The minimum absolute atomic E-state index is 0.00826. The lowest BCUT2D eigenvalue weighted by molar-refractivity contribution is 0.0955. The van der Waals surface area contributed by atoms with Gasteiger partial charge in [0.15, 0.2) is 11.5 Å². The third-order valence-electron chi connectivity index (χ3n) is 2.95. The maximum atomic E-state index is 12.0. The second-order valence-electron chi connectivity index (χ2n) is 4.58. The fraction of sp³-hybridized carbons (Fsp3) is 0.125. The highest BCUT2D eigenvalue weighted by molar-refractivity contribution is 9.13. The Morgan fingerprint density at radius 2 is 2.00 bits per heavy atom. The second-order valence-corrected chi connectivity index (χ2v) is 6.60. The van der Waals surface area contributed by atoms with Gasteiger partial charge >= 0.3 is 0 Å². The molecule has 0 saturated carbocycles. The van der Waals surface area contributed by atoms with Crippen molar-refractivity contribution in [2.75, 3.05) is 6.61 Å². The topological polar surface area (TPSA) is 70.9 Å². The van der Waals surface area contributed by atoms with Crippen LogP contribution in [0.2, 0.25) is 5.02 Å². The molecule has 1 amide bonds. The molecule has 0 aliphatic heterocycles. The first-order chi connectivity index (χ1) is 11.4. The van der Waals surface area contributed by atoms with Crippen LogP contribution in [0.5, 0.6) is 11.5 Å². The van der Waals surface area contributed by atoms with E-state index in [4.69, 9.17) is 16.3 Å². The SMILES string of the molecule is CCOc1cc(/C=N\NC(=O)c2ccc(Cl)cc2)c(Br)c(Br)c1O. The van der Waals surface area contributed by atoms with Gasteiger partial charge in [-0.3, -0.25) is 4.79 Å². The number of carbonyl (C=O) groups excluding carboxylic acids is 1. The number of amides is 1. The number of hydrazone groups is 1. The highest BCUT2D eigenvalue weighted by atomic mass is 79.9. The van der Waals surface area contributed by atoms with Crippen LogP contribution >= 0.6 is 43.5 Å². The second kappa shape index (κ2) is 8.50. The van der Waals surface area contributed by atoms with E-state index in [0.717, 1.165) is 0 Å². The Labute approximate surface area is 160 Å². The predicted molar refractivity (Wildman–Crippen MR) is 101 cm³/mol. The fourth-order valence-corrected chi connectivity index (χ4v) is 2.75. The molecule has 0 spiro atoms. The Balaban J connectivity index is 2.16. The Morgan fingerprint density at radius 1 is 1.33 bits per heavy atom. The molecular weight excluding hydrogens is 463 g/mol. The lowest BCUT2D eigenvalue weighted by Crippen LogP contribution is -2.17. The molecule has 24 heavy (non-hydrogen) atoms. The molecule has 2 aromatic carbocycles. The number of nitrogens with one attached hydrogen (secondary N) is 1. The van der Waals surface area contributed by atoms with Gasteiger partial charge in [-0.25, -0.2) is 5.43 Å². The molecule has 5 nitrogen and oxygen atoms in total. The van der Waals surface area contributed by atoms with Gasteiger partial charge in [0.05, 0.1) is 17.3 Å². The van der Waals surface area contributed by atoms with Gasteiger partial charge in [0.2, 0.25) is 0 Å². The maximum Gasteiger partial charge on any atom is 0.271 e. The number of hydrogen-bond donors (Lipinski definition) is 2. The molecule has 0 radical (unpaired) electrons. The Kier molecular flexibility index (Phi) is 6.65. The smallest absolute Gasteiger partial charge is 0.271 e. The zero-order chi connectivity index (χ0) is 17.7. The molecule has 0 fully saturated rings. The number of aromatic hydroxyl groups is 1. The fourth-order valence-electron chi connectivity index (χ4n) is 1.80. The van der Waals surface area contributed by atoms with Crippen LogP contribution in [0.1, 0.15) is 22.8 Å². The van der Waals surface area contributed by atoms with Crippen LogP contribution < -0.4 is 10.2 Å². The zero-order valence-corrected chi connectivity index (χ0v) is 16.4. The summed E-state index contributed by atoms with van der Waals surface area (Å²) in [5, 5.41) is 14.5. The van der Waals surface area contributed by atoms with E-state index in [1.165, 1.54) is 6.21 Å². The average Bonchev–Trinajstić information content (AvgIpc) is 2.57. The molecule has 126 valence electrons. The molecule has 0 heterocycles. The number of phenolic OH excluding ortho intramolecular Hbond substituents is 1. The number of hydrogen-bond acceptors (Lipinski definition) is 4. The summed E-state index contributed by atoms with van der Waals surface area (Å²) in [5.41, 5.74) is 3.49. The van der Waals surface area contributed by atoms with Gasteiger partial charge in [-0.2, -0.15) is 5.10 Å². The Morgan fingerprint density at radius 3 is 2.62 bits per heavy atom. The quantitative estimate of drug-likeness (QED) is 0.484. The summed E-state index contributed by atoms with van der Waals surface area (Å²) in [6, 6.07) is 8.08. The minimum atomic E-state index is -0.359. The van der Waals surface area contributed by atoms with E-state index in [2.05, 4.69) is 42.4 Å². The summed E-state index contributed by atoms with van der Waals surface area (Å²) >= 11 is 12.4. The third kappa shape index (κ3) is 4.49. The molecule has 2 N–H and O–H groups in total. The summed E-state index contributed by atoms with van der Waals surface area (Å²) < 4.78 is 6.39. The number of carbonyl (C=O) groups is 1. The van der Waals surface area contributed by atoms with Crippen LogP contribution in [0.15, 0.2) is 44.4 Å². The molecular formula is C16H13Br2ClN2O3. The van der Waals surface area contributed by atoms with Crippen molar-refractivity contribution >= 4 is 55.6 Å². The Hall–Kier alpha value is -1.57. The molecule has 0 aliphatic carbocycles. The van der Waals surface area contributed by atoms with Crippen molar-refractivity contribution in [3.05, 3.63) is 55.4 Å². The molecule has 8 heteroatoms.